The molecule has 0 bridgehead atoms. The fraction of sp³-hybridized carbons (Fsp3) is 0.235. The second-order valence-electron chi connectivity index (χ2n) is 6.10. The quantitative estimate of drug-likeness (QED) is 0.751. The predicted molar refractivity (Wildman–Crippen MR) is 90.7 cm³/mol. The molecular formula is C17H13ClF4N4O2. The van der Waals surface area contributed by atoms with Crippen LogP contribution in [-0.2, 0) is 11.0 Å². The minimum Gasteiger partial charge on any atom is -0.368 e. The zero-order valence-corrected chi connectivity index (χ0v) is 14.8. The summed E-state index contributed by atoms with van der Waals surface area (Å²) in [7, 11) is 0. The van der Waals surface area contributed by atoms with Gasteiger partial charge in [-0.2, -0.15) is 13.2 Å². The van der Waals surface area contributed by atoms with Crippen LogP contribution in [-0.4, -0.2) is 34.4 Å². The smallest absolute Gasteiger partial charge is 0.368 e. The Kier molecular flexibility index (Phi) is 5.16. The minimum atomic E-state index is -4.95. The van der Waals surface area contributed by atoms with Gasteiger partial charge in [0.2, 0.25) is 5.91 Å². The minimum absolute atomic E-state index is 0.193. The van der Waals surface area contributed by atoms with E-state index in [-0.39, 0.29) is 12.2 Å². The summed E-state index contributed by atoms with van der Waals surface area (Å²) in [4.78, 5) is 28.6. The Morgan fingerprint density at radius 3 is 2.50 bits per heavy atom. The van der Waals surface area contributed by atoms with Gasteiger partial charge in [-0.25, -0.2) is 9.18 Å². The van der Waals surface area contributed by atoms with Crippen molar-refractivity contribution in [2.45, 2.75) is 18.3 Å². The Labute approximate surface area is 161 Å². The molecule has 0 radical (unpaired) electrons. The summed E-state index contributed by atoms with van der Waals surface area (Å²) in [6, 6.07) is 3.64. The third-order valence-corrected chi connectivity index (χ3v) is 4.49. The molecule has 6 nitrogen and oxygen atoms in total. The van der Waals surface area contributed by atoms with E-state index in [4.69, 9.17) is 17.3 Å². The second-order valence-corrected chi connectivity index (χ2v) is 6.53. The van der Waals surface area contributed by atoms with E-state index < -0.39 is 41.6 Å². The first-order valence-electron chi connectivity index (χ1n) is 7.92. The first kappa shape index (κ1) is 19.9. The SMILES string of the molecule is NC(=O)C1CN([C@@H](c2ccc(Cl)cc2)c2cc(C(F)(F)F)c(F)cn2)C(=O)N1. The molecule has 1 fully saturated rings. The number of halogens is 5. The van der Waals surface area contributed by atoms with Gasteiger partial charge in [-0.15, -0.1) is 0 Å². The maximum atomic E-state index is 13.7. The van der Waals surface area contributed by atoms with Crippen LogP contribution in [0.2, 0.25) is 5.02 Å². The molecule has 2 aromatic rings. The predicted octanol–water partition coefficient (Wildman–Crippen LogP) is 2.86. The molecule has 1 saturated heterocycles. The van der Waals surface area contributed by atoms with Crippen LogP contribution in [0.4, 0.5) is 22.4 Å². The van der Waals surface area contributed by atoms with Gasteiger partial charge in [0.15, 0.2) is 5.82 Å². The number of amides is 3. The molecule has 11 heteroatoms. The molecule has 1 unspecified atom stereocenters. The van der Waals surface area contributed by atoms with E-state index in [2.05, 4.69) is 10.3 Å². The van der Waals surface area contributed by atoms with Crippen LogP contribution in [0.3, 0.4) is 0 Å². The Bertz CT molecular complexity index is 920. The van der Waals surface area contributed by atoms with Crippen molar-refractivity contribution in [2.24, 2.45) is 5.73 Å². The van der Waals surface area contributed by atoms with Gasteiger partial charge >= 0.3 is 12.2 Å². The number of alkyl halides is 3. The van der Waals surface area contributed by atoms with Crippen LogP contribution in [0, 0.1) is 5.82 Å². The number of carbonyl (C=O) groups excluding carboxylic acids is 2. The van der Waals surface area contributed by atoms with Gasteiger partial charge in [0, 0.05) is 5.02 Å². The second kappa shape index (κ2) is 7.27. The zero-order valence-electron chi connectivity index (χ0n) is 14.0. The van der Waals surface area contributed by atoms with Gasteiger partial charge in [0.25, 0.3) is 0 Å². The van der Waals surface area contributed by atoms with Crippen molar-refractivity contribution in [1.29, 1.82) is 0 Å². The van der Waals surface area contributed by atoms with Gasteiger partial charge in [-0.3, -0.25) is 9.78 Å². The van der Waals surface area contributed by atoms with Crippen molar-refractivity contribution in [2.75, 3.05) is 6.54 Å². The van der Waals surface area contributed by atoms with Crippen LogP contribution < -0.4 is 11.1 Å². The van der Waals surface area contributed by atoms with Gasteiger partial charge in [0.05, 0.1) is 24.0 Å². The summed E-state index contributed by atoms with van der Waals surface area (Å²) < 4.78 is 53.0. The van der Waals surface area contributed by atoms with Crippen molar-refractivity contribution in [3.63, 3.8) is 0 Å². The molecule has 1 aromatic carbocycles. The summed E-state index contributed by atoms with van der Waals surface area (Å²) in [5.74, 6) is -2.33. The summed E-state index contributed by atoms with van der Waals surface area (Å²) in [6.45, 7) is -0.193. The van der Waals surface area contributed by atoms with Crippen LogP contribution in [0.1, 0.15) is 22.9 Å². The molecule has 2 atom stereocenters. The number of urea groups is 1. The number of carbonyl (C=O) groups is 2. The third kappa shape index (κ3) is 3.86. The Morgan fingerprint density at radius 2 is 1.96 bits per heavy atom. The lowest BCUT2D eigenvalue weighted by atomic mass is 10.00. The van der Waals surface area contributed by atoms with Crippen LogP contribution in [0.25, 0.3) is 0 Å². The van der Waals surface area contributed by atoms with Gasteiger partial charge < -0.3 is 16.0 Å². The van der Waals surface area contributed by atoms with E-state index in [1.807, 2.05) is 0 Å². The highest BCUT2D eigenvalue weighted by Crippen LogP contribution is 2.36. The molecule has 3 N–H and O–H groups in total. The molecule has 3 amide bonds. The molecule has 1 aromatic heterocycles. The monoisotopic (exact) mass is 416 g/mol. The largest absolute Gasteiger partial charge is 0.419 e. The molecule has 0 saturated carbocycles. The Hall–Kier alpha value is -2.88. The normalized spacial score (nSPS) is 18.1. The van der Waals surface area contributed by atoms with E-state index in [0.29, 0.717) is 22.8 Å². The van der Waals surface area contributed by atoms with E-state index in [0.717, 1.165) is 4.90 Å². The standard InChI is InChI=1S/C17H13ClF4N4O2/c18-9-3-1-8(2-4-9)14(26-7-13(15(23)27)25-16(26)28)12-5-10(17(20,21)22)11(19)6-24-12/h1-6,13-14H,7H2,(H2,23,27)(H,25,28)/t13?,14-/m0/s1. The zero-order chi connectivity index (χ0) is 20.6. The molecule has 148 valence electrons. The van der Waals surface area contributed by atoms with Gasteiger partial charge in [-0.05, 0) is 23.8 Å². The maximum absolute atomic E-state index is 13.7. The highest BCUT2D eigenvalue weighted by atomic mass is 35.5. The third-order valence-electron chi connectivity index (χ3n) is 4.24. The lowest BCUT2D eigenvalue weighted by Crippen LogP contribution is -2.39. The Balaban J connectivity index is 2.11. The molecule has 2 heterocycles. The van der Waals surface area contributed by atoms with E-state index in [1.54, 1.807) is 0 Å². The van der Waals surface area contributed by atoms with Crippen molar-refractivity contribution in [1.82, 2.24) is 15.2 Å². The van der Waals surface area contributed by atoms with E-state index >= 15 is 0 Å². The Morgan fingerprint density at radius 1 is 1.32 bits per heavy atom. The molecule has 28 heavy (non-hydrogen) atoms. The molecule has 3 rings (SSSR count). The summed E-state index contributed by atoms with van der Waals surface area (Å²) in [5.41, 5.74) is 3.84. The molecule has 0 aliphatic carbocycles. The molecule has 1 aliphatic heterocycles. The average Bonchev–Trinajstić information content (AvgIpc) is 2.99. The van der Waals surface area contributed by atoms with Crippen molar-refractivity contribution >= 4 is 23.5 Å². The lowest BCUT2D eigenvalue weighted by Gasteiger charge is -2.27. The number of rotatable bonds is 4. The fourth-order valence-corrected chi connectivity index (χ4v) is 3.04. The number of pyridine rings is 1. The summed E-state index contributed by atoms with van der Waals surface area (Å²) in [5, 5.41) is 2.72. The van der Waals surface area contributed by atoms with Crippen molar-refractivity contribution in [3.05, 3.63) is 64.2 Å². The summed E-state index contributed by atoms with van der Waals surface area (Å²) in [6.07, 6.45) is -4.50. The first-order chi connectivity index (χ1) is 13.1. The van der Waals surface area contributed by atoms with Crippen LogP contribution in [0.15, 0.2) is 36.5 Å². The number of hydrogen-bond donors (Lipinski definition) is 2. The lowest BCUT2D eigenvalue weighted by molar-refractivity contribution is -0.140. The van der Waals surface area contributed by atoms with Crippen LogP contribution >= 0.6 is 11.6 Å². The van der Waals surface area contributed by atoms with Crippen LogP contribution in [0.5, 0.6) is 0 Å². The number of nitrogens with one attached hydrogen (secondary N) is 1. The van der Waals surface area contributed by atoms with Crippen molar-refractivity contribution in [3.8, 4) is 0 Å². The number of hydrogen-bond acceptors (Lipinski definition) is 3. The number of primary amides is 1. The van der Waals surface area contributed by atoms with E-state index in [9.17, 15) is 27.2 Å². The average molecular weight is 417 g/mol. The maximum Gasteiger partial charge on any atom is 0.419 e. The van der Waals surface area contributed by atoms with Gasteiger partial charge in [-0.1, -0.05) is 23.7 Å². The summed E-state index contributed by atoms with van der Waals surface area (Å²) >= 11 is 5.85. The number of nitrogens with zero attached hydrogens (tertiary/aromatic N) is 2. The number of aromatic nitrogens is 1. The molecule has 1 aliphatic rings. The first-order valence-corrected chi connectivity index (χ1v) is 8.30. The van der Waals surface area contributed by atoms with Gasteiger partial charge in [0.1, 0.15) is 12.1 Å². The number of benzene rings is 1. The van der Waals surface area contributed by atoms with E-state index in [1.165, 1.54) is 24.3 Å². The highest BCUT2D eigenvalue weighted by molar-refractivity contribution is 6.30. The number of nitrogens with two attached hydrogens (primary N) is 1. The molecule has 0 spiro atoms. The molecular weight excluding hydrogens is 404 g/mol. The topological polar surface area (TPSA) is 88.3 Å². The van der Waals surface area contributed by atoms with Crippen molar-refractivity contribution < 1.29 is 27.2 Å². The fourth-order valence-electron chi connectivity index (χ4n) is 2.92. The highest BCUT2D eigenvalue weighted by Gasteiger charge is 2.40.